The molecule has 6 heteroatoms. The summed E-state index contributed by atoms with van der Waals surface area (Å²) in [6.45, 7) is 7.01. The third kappa shape index (κ3) is 4.55. The van der Waals surface area contributed by atoms with Crippen LogP contribution in [0.4, 0.5) is 0 Å². The van der Waals surface area contributed by atoms with Crippen LogP contribution in [0.25, 0.3) is 16.8 Å². The Morgan fingerprint density at radius 2 is 1.75 bits per heavy atom. The number of halogens is 1. The standard InChI is InChI=1S/C22H24ClN3O2/c1-17-2-8-20(9-3-17)26-16-21(18-4-6-19(23)7-5-18)22(24-26)28-15-12-25-10-13-27-14-11-25/h2-9,16H,10-15H2,1H3. The molecule has 0 radical (unpaired) electrons. The smallest absolute Gasteiger partial charge is 0.241 e. The monoisotopic (exact) mass is 397 g/mol. The first-order valence-corrected chi connectivity index (χ1v) is 9.92. The Labute approximate surface area is 170 Å². The van der Waals surface area contributed by atoms with E-state index >= 15 is 0 Å². The van der Waals surface area contributed by atoms with E-state index in [0.717, 1.165) is 49.7 Å². The molecule has 1 aromatic heterocycles. The van der Waals surface area contributed by atoms with E-state index < -0.39 is 0 Å². The van der Waals surface area contributed by atoms with Crippen molar-refractivity contribution in [3.05, 3.63) is 65.3 Å². The lowest BCUT2D eigenvalue weighted by molar-refractivity contribution is 0.0320. The highest BCUT2D eigenvalue weighted by Crippen LogP contribution is 2.31. The van der Waals surface area contributed by atoms with Gasteiger partial charge in [0.2, 0.25) is 5.88 Å². The van der Waals surface area contributed by atoms with Crippen molar-refractivity contribution in [1.29, 1.82) is 0 Å². The number of hydrogen-bond acceptors (Lipinski definition) is 4. The molecule has 1 saturated heterocycles. The van der Waals surface area contributed by atoms with Crippen LogP contribution in [0, 0.1) is 6.92 Å². The minimum atomic E-state index is 0.589. The maximum absolute atomic E-state index is 6.10. The summed E-state index contributed by atoms with van der Waals surface area (Å²) < 4.78 is 13.4. The van der Waals surface area contributed by atoms with Gasteiger partial charge in [0.05, 0.1) is 24.5 Å². The van der Waals surface area contributed by atoms with Gasteiger partial charge in [0.25, 0.3) is 0 Å². The van der Waals surface area contributed by atoms with E-state index in [0.29, 0.717) is 17.5 Å². The Morgan fingerprint density at radius 1 is 1.04 bits per heavy atom. The molecule has 0 N–H and O–H groups in total. The third-order valence-corrected chi connectivity index (χ3v) is 5.14. The first-order chi connectivity index (χ1) is 13.7. The van der Waals surface area contributed by atoms with Crippen molar-refractivity contribution in [2.45, 2.75) is 6.92 Å². The number of benzene rings is 2. The van der Waals surface area contributed by atoms with Crippen molar-refractivity contribution in [3.8, 4) is 22.7 Å². The van der Waals surface area contributed by atoms with Gasteiger partial charge in [-0.2, -0.15) is 0 Å². The fourth-order valence-electron chi connectivity index (χ4n) is 3.22. The number of aryl methyl sites for hydroxylation is 1. The van der Waals surface area contributed by atoms with Gasteiger partial charge < -0.3 is 9.47 Å². The molecule has 5 nitrogen and oxygen atoms in total. The quantitative estimate of drug-likeness (QED) is 0.624. The van der Waals surface area contributed by atoms with Crippen molar-refractivity contribution in [3.63, 3.8) is 0 Å². The molecular weight excluding hydrogens is 374 g/mol. The van der Waals surface area contributed by atoms with Crippen LogP contribution in [0.3, 0.4) is 0 Å². The minimum Gasteiger partial charge on any atom is -0.475 e. The van der Waals surface area contributed by atoms with Crippen LogP contribution in [0.5, 0.6) is 5.88 Å². The van der Waals surface area contributed by atoms with Crippen LogP contribution >= 0.6 is 11.6 Å². The van der Waals surface area contributed by atoms with E-state index in [1.54, 1.807) is 0 Å². The third-order valence-electron chi connectivity index (χ3n) is 4.88. The molecule has 1 fully saturated rings. The van der Waals surface area contributed by atoms with Crippen LogP contribution < -0.4 is 4.74 Å². The van der Waals surface area contributed by atoms with Gasteiger partial charge in [-0.3, -0.25) is 4.90 Å². The summed E-state index contributed by atoms with van der Waals surface area (Å²) in [6.07, 6.45) is 2.01. The fourth-order valence-corrected chi connectivity index (χ4v) is 3.34. The lowest BCUT2D eigenvalue weighted by Crippen LogP contribution is -2.38. The molecular formula is C22H24ClN3O2. The van der Waals surface area contributed by atoms with Crippen molar-refractivity contribution in [2.75, 3.05) is 39.5 Å². The van der Waals surface area contributed by atoms with Crippen LogP contribution in [0.15, 0.2) is 54.7 Å². The van der Waals surface area contributed by atoms with E-state index in [4.69, 9.17) is 26.2 Å². The Hall–Kier alpha value is -2.34. The Balaban J connectivity index is 1.56. The molecule has 28 heavy (non-hydrogen) atoms. The predicted molar refractivity (Wildman–Crippen MR) is 112 cm³/mol. The van der Waals surface area contributed by atoms with Gasteiger partial charge in [0.1, 0.15) is 6.61 Å². The van der Waals surface area contributed by atoms with Gasteiger partial charge in [-0.05, 0) is 36.8 Å². The summed E-state index contributed by atoms with van der Waals surface area (Å²) in [5.74, 6) is 0.635. The molecule has 146 valence electrons. The molecule has 4 rings (SSSR count). The zero-order valence-corrected chi connectivity index (χ0v) is 16.7. The van der Waals surface area contributed by atoms with Crippen LogP contribution in [0.1, 0.15) is 5.56 Å². The second-order valence-electron chi connectivity index (χ2n) is 6.94. The van der Waals surface area contributed by atoms with Crippen LogP contribution in [-0.2, 0) is 4.74 Å². The zero-order chi connectivity index (χ0) is 19.3. The number of nitrogens with zero attached hydrogens (tertiary/aromatic N) is 3. The summed E-state index contributed by atoms with van der Waals surface area (Å²) in [4.78, 5) is 2.35. The van der Waals surface area contributed by atoms with Gasteiger partial charge in [-0.25, -0.2) is 4.68 Å². The molecule has 0 saturated carbocycles. The van der Waals surface area contributed by atoms with Crippen molar-refractivity contribution >= 4 is 11.6 Å². The molecule has 0 atom stereocenters. The molecule has 0 bridgehead atoms. The number of hydrogen-bond donors (Lipinski definition) is 0. The van der Waals surface area contributed by atoms with Gasteiger partial charge >= 0.3 is 0 Å². The van der Waals surface area contributed by atoms with E-state index in [1.165, 1.54) is 5.56 Å². The Morgan fingerprint density at radius 3 is 2.46 bits per heavy atom. The summed E-state index contributed by atoms with van der Waals surface area (Å²) >= 11 is 6.06. The second-order valence-corrected chi connectivity index (χ2v) is 7.37. The first-order valence-electron chi connectivity index (χ1n) is 9.54. The van der Waals surface area contributed by atoms with Gasteiger partial charge in [0.15, 0.2) is 0 Å². The summed E-state index contributed by atoms with van der Waals surface area (Å²) in [6, 6.07) is 16.0. The summed E-state index contributed by atoms with van der Waals surface area (Å²) in [7, 11) is 0. The van der Waals surface area contributed by atoms with Gasteiger partial charge in [-0.1, -0.05) is 41.4 Å². The summed E-state index contributed by atoms with van der Waals surface area (Å²) in [5, 5.41) is 5.42. The van der Waals surface area contributed by atoms with Crippen LogP contribution in [0.2, 0.25) is 5.02 Å². The Bertz CT molecular complexity index is 901. The van der Waals surface area contributed by atoms with Crippen LogP contribution in [-0.4, -0.2) is 54.1 Å². The molecule has 0 aliphatic carbocycles. The SMILES string of the molecule is Cc1ccc(-n2cc(-c3ccc(Cl)cc3)c(OCCN3CCOCC3)n2)cc1. The van der Waals surface area contributed by atoms with E-state index in [9.17, 15) is 0 Å². The number of morpholine rings is 1. The maximum atomic E-state index is 6.10. The Kier molecular flexibility index (Phi) is 5.95. The first kappa shape index (κ1) is 19.0. The average molecular weight is 398 g/mol. The molecule has 1 aliphatic heterocycles. The molecule has 1 aliphatic rings. The van der Waals surface area contributed by atoms with Gasteiger partial charge in [-0.15, -0.1) is 5.10 Å². The normalized spacial score (nSPS) is 14.9. The number of ether oxygens (including phenoxy) is 2. The molecule has 0 amide bonds. The van der Waals surface area contributed by atoms with Gasteiger partial charge in [0, 0.05) is 30.9 Å². The summed E-state index contributed by atoms with van der Waals surface area (Å²) in [5.41, 5.74) is 4.21. The molecule has 2 aromatic carbocycles. The van der Waals surface area contributed by atoms with Crippen molar-refractivity contribution < 1.29 is 9.47 Å². The fraction of sp³-hybridized carbons (Fsp3) is 0.318. The van der Waals surface area contributed by atoms with E-state index in [2.05, 4.69) is 36.1 Å². The predicted octanol–water partition coefficient (Wildman–Crippen LogP) is 4.21. The number of rotatable bonds is 6. The highest BCUT2D eigenvalue weighted by molar-refractivity contribution is 6.30. The zero-order valence-electron chi connectivity index (χ0n) is 16.0. The highest BCUT2D eigenvalue weighted by atomic mass is 35.5. The molecule has 3 aromatic rings. The van der Waals surface area contributed by atoms with Crippen molar-refractivity contribution in [1.82, 2.24) is 14.7 Å². The highest BCUT2D eigenvalue weighted by Gasteiger charge is 2.15. The van der Waals surface area contributed by atoms with E-state index in [-0.39, 0.29) is 0 Å². The van der Waals surface area contributed by atoms with E-state index in [1.807, 2.05) is 35.1 Å². The maximum Gasteiger partial charge on any atom is 0.241 e. The lowest BCUT2D eigenvalue weighted by Gasteiger charge is -2.26. The average Bonchev–Trinajstić information content (AvgIpc) is 3.14. The molecule has 0 unspecified atom stereocenters. The minimum absolute atomic E-state index is 0.589. The topological polar surface area (TPSA) is 39.5 Å². The molecule has 0 spiro atoms. The largest absolute Gasteiger partial charge is 0.475 e. The van der Waals surface area contributed by atoms with Crippen molar-refractivity contribution in [2.24, 2.45) is 0 Å². The number of aromatic nitrogens is 2. The lowest BCUT2D eigenvalue weighted by atomic mass is 10.1. The molecule has 2 heterocycles. The second kappa shape index (κ2) is 8.78.